The summed E-state index contributed by atoms with van der Waals surface area (Å²) in [4.78, 5) is 107. The Morgan fingerprint density at radius 2 is 1.32 bits per heavy atom. The predicted octanol–water partition coefficient (Wildman–Crippen LogP) is 3.37. The number of carbonyl (C=O) groups excluding carboxylic acids is 7. The van der Waals surface area contributed by atoms with Gasteiger partial charge in [0.1, 0.15) is 42.6 Å². The Morgan fingerprint density at radius 3 is 2.03 bits per heavy atom. The standard InChI is InChI=1S/C58H66N10O9/c59-27-13-12-22-47-52(70)63-48(30-39-23-25-43(26-24-39)76-36-40-16-6-2-7-17-40)53(71)64-49(31-38-14-4-1-5-15-38)56(74)68-35-44(77-57(75)61-29-28-60)32-50(68)54(72)65-51(41-18-8-3-9-19-41)55(73)67-58(37-69,66-47)33-42-34-62-46-21-11-10-20-45(42)46/h1-11,14-21,23-26,34,37,44,47-51,62,66H,12-13,22,27-33,35-36,59-60H2,(H,61,75)(H,63,70)(H,64,71)(H,65,72)(H,67,73)/t44-,47?,48?,49?,50?,51+,58-/m1/s1. The minimum Gasteiger partial charge on any atom is -0.489 e. The van der Waals surface area contributed by atoms with Crippen LogP contribution in [0.4, 0.5) is 4.79 Å². The number of hydrogen-bond donors (Lipinski definition) is 9. The molecule has 0 bridgehead atoms. The SMILES string of the molecule is NCCCCC1N[C@](C=O)(Cc2c[nH]c3ccccc23)NC(=O)[C@H](c2ccccc2)NC(=O)C2C[C@@H](OC(=O)NCCN)CN2C(=O)C(Cc2ccccc2)NC(=O)C(Cc2ccc(OCc3ccccc3)cc2)NC1=O. The lowest BCUT2D eigenvalue weighted by atomic mass is 9.95. The van der Waals surface area contributed by atoms with Crippen LogP contribution >= 0.6 is 0 Å². The van der Waals surface area contributed by atoms with E-state index in [2.05, 4.69) is 36.9 Å². The van der Waals surface area contributed by atoms with Crippen molar-refractivity contribution in [2.24, 2.45) is 11.5 Å². The molecule has 1 aromatic heterocycles. The monoisotopic (exact) mass is 1050 g/mol. The van der Waals surface area contributed by atoms with Crippen LogP contribution in [0, 0.1) is 0 Å². The summed E-state index contributed by atoms with van der Waals surface area (Å²) in [6.45, 7) is 0.597. The minimum atomic E-state index is -2.03. The van der Waals surface area contributed by atoms with Crippen molar-refractivity contribution in [1.29, 1.82) is 0 Å². The second-order valence-corrected chi connectivity index (χ2v) is 19.4. The van der Waals surface area contributed by atoms with Gasteiger partial charge in [-0.25, -0.2) is 4.79 Å². The summed E-state index contributed by atoms with van der Waals surface area (Å²) in [5.41, 5.74) is 13.5. The quantitative estimate of drug-likeness (QED) is 0.0443. The molecule has 11 N–H and O–H groups in total. The van der Waals surface area contributed by atoms with Crippen LogP contribution in [0.3, 0.4) is 0 Å². The molecule has 4 unspecified atom stereocenters. The van der Waals surface area contributed by atoms with Gasteiger partial charge in [0.15, 0.2) is 11.9 Å². The molecule has 19 heteroatoms. The Balaban J connectivity index is 1.22. The summed E-state index contributed by atoms with van der Waals surface area (Å²) < 4.78 is 11.8. The van der Waals surface area contributed by atoms with Crippen molar-refractivity contribution in [1.82, 2.24) is 41.8 Å². The molecule has 8 rings (SSSR count). The number of nitrogens with two attached hydrogens (primary N) is 2. The van der Waals surface area contributed by atoms with Gasteiger partial charge in [-0.1, -0.05) is 128 Å². The van der Waals surface area contributed by atoms with Gasteiger partial charge >= 0.3 is 6.09 Å². The van der Waals surface area contributed by atoms with E-state index in [1.165, 1.54) is 4.90 Å². The van der Waals surface area contributed by atoms with Crippen molar-refractivity contribution < 1.29 is 43.0 Å². The van der Waals surface area contributed by atoms with Crippen molar-refractivity contribution in [2.45, 2.75) is 93.5 Å². The Morgan fingerprint density at radius 1 is 0.688 bits per heavy atom. The molecule has 2 fully saturated rings. The highest BCUT2D eigenvalue weighted by atomic mass is 16.6. The first-order valence-corrected chi connectivity index (χ1v) is 26.0. The van der Waals surface area contributed by atoms with Gasteiger partial charge in [-0.2, -0.15) is 0 Å². The molecule has 2 aliphatic rings. The third-order valence-electron chi connectivity index (χ3n) is 13.7. The van der Waals surface area contributed by atoms with Crippen LogP contribution in [0.15, 0.2) is 146 Å². The molecule has 77 heavy (non-hydrogen) atoms. The summed E-state index contributed by atoms with van der Waals surface area (Å²) in [6.07, 6.45) is 0.979. The second-order valence-electron chi connectivity index (χ2n) is 19.4. The first kappa shape index (κ1) is 54.9. The van der Waals surface area contributed by atoms with Gasteiger partial charge in [-0.15, -0.1) is 0 Å². The lowest BCUT2D eigenvalue weighted by molar-refractivity contribution is -0.142. The number of alkyl carbamates (subject to hydrolysis) is 1. The van der Waals surface area contributed by atoms with Gasteiger partial charge in [0.25, 0.3) is 0 Å². The number of rotatable bonds is 18. The zero-order chi connectivity index (χ0) is 54.2. The molecule has 7 atom stereocenters. The molecule has 5 aromatic carbocycles. The Kier molecular flexibility index (Phi) is 18.8. The number of aldehydes is 1. The number of fused-ring (bicyclic) bond motifs is 2. The Hall–Kier alpha value is -8.39. The maximum atomic E-state index is 15.3. The average molecular weight is 1050 g/mol. The number of para-hydroxylation sites is 1. The highest BCUT2D eigenvalue weighted by Crippen LogP contribution is 2.27. The largest absolute Gasteiger partial charge is 0.489 e. The van der Waals surface area contributed by atoms with Crippen LogP contribution in [0.5, 0.6) is 5.75 Å². The van der Waals surface area contributed by atoms with Gasteiger partial charge in [-0.3, -0.25) is 34.1 Å². The zero-order valence-electron chi connectivity index (χ0n) is 42.7. The van der Waals surface area contributed by atoms with E-state index in [0.29, 0.717) is 60.3 Å². The van der Waals surface area contributed by atoms with Crippen LogP contribution in [0.1, 0.15) is 59.5 Å². The number of benzene rings is 5. The van der Waals surface area contributed by atoms with Crippen LogP contribution < -0.4 is 48.1 Å². The molecule has 6 aromatic rings. The van der Waals surface area contributed by atoms with E-state index < -0.39 is 77.6 Å². The number of amides is 6. The van der Waals surface area contributed by atoms with Crippen LogP contribution in [0.2, 0.25) is 0 Å². The van der Waals surface area contributed by atoms with E-state index in [0.717, 1.165) is 16.5 Å². The lowest BCUT2D eigenvalue weighted by Gasteiger charge is -2.36. The van der Waals surface area contributed by atoms with Crippen LogP contribution in [-0.2, 0) is 59.4 Å². The second kappa shape index (κ2) is 26.4. The van der Waals surface area contributed by atoms with Crippen molar-refractivity contribution >= 4 is 52.8 Å². The van der Waals surface area contributed by atoms with Crippen molar-refractivity contribution in [2.75, 3.05) is 26.2 Å². The van der Waals surface area contributed by atoms with E-state index in [-0.39, 0.29) is 51.7 Å². The molecule has 19 nitrogen and oxygen atoms in total. The van der Waals surface area contributed by atoms with Crippen LogP contribution in [-0.4, -0.2) is 114 Å². The van der Waals surface area contributed by atoms with E-state index in [4.69, 9.17) is 20.9 Å². The third kappa shape index (κ3) is 14.5. The number of hydrogen-bond acceptors (Lipinski definition) is 12. The zero-order valence-corrected chi connectivity index (χ0v) is 42.7. The van der Waals surface area contributed by atoms with Crippen molar-refractivity contribution in [3.05, 3.63) is 174 Å². The fraction of sp³-hybridized carbons (Fsp3) is 0.328. The average Bonchev–Trinajstić information content (AvgIpc) is 4.08. The normalized spacial score (nSPS) is 22.4. The van der Waals surface area contributed by atoms with Crippen molar-refractivity contribution in [3.63, 3.8) is 0 Å². The molecule has 0 aliphatic carbocycles. The van der Waals surface area contributed by atoms with Crippen LogP contribution in [0.25, 0.3) is 10.9 Å². The van der Waals surface area contributed by atoms with Gasteiger partial charge in [0.2, 0.25) is 29.5 Å². The number of aromatic nitrogens is 1. The lowest BCUT2D eigenvalue weighted by Crippen LogP contribution is -2.68. The number of aromatic amines is 1. The fourth-order valence-corrected chi connectivity index (χ4v) is 9.81. The minimum absolute atomic E-state index is 0.0408. The van der Waals surface area contributed by atoms with Gasteiger partial charge in [0.05, 0.1) is 12.6 Å². The molecule has 0 radical (unpaired) electrons. The summed E-state index contributed by atoms with van der Waals surface area (Å²) in [6, 6.07) is 34.8. The summed E-state index contributed by atoms with van der Waals surface area (Å²) in [7, 11) is 0. The molecule has 0 spiro atoms. The maximum absolute atomic E-state index is 15.3. The number of unbranched alkanes of at least 4 members (excludes halogenated alkanes) is 1. The fourth-order valence-electron chi connectivity index (χ4n) is 9.81. The smallest absolute Gasteiger partial charge is 0.407 e. The molecule has 6 amide bonds. The van der Waals surface area contributed by atoms with Gasteiger partial charge in [0, 0.05) is 55.9 Å². The highest BCUT2D eigenvalue weighted by Gasteiger charge is 2.46. The summed E-state index contributed by atoms with van der Waals surface area (Å²) >= 11 is 0. The highest BCUT2D eigenvalue weighted by molar-refractivity contribution is 5.98. The van der Waals surface area contributed by atoms with Crippen molar-refractivity contribution in [3.8, 4) is 5.75 Å². The first-order chi connectivity index (χ1) is 37.4. The number of carbonyl (C=O) groups is 7. The van der Waals surface area contributed by atoms with E-state index in [1.807, 2.05) is 60.7 Å². The number of H-pyrrole nitrogens is 1. The van der Waals surface area contributed by atoms with E-state index >= 15 is 24.0 Å². The first-order valence-electron chi connectivity index (χ1n) is 26.0. The molecule has 3 heterocycles. The van der Waals surface area contributed by atoms with E-state index in [9.17, 15) is 9.59 Å². The Bertz CT molecular complexity index is 2960. The van der Waals surface area contributed by atoms with E-state index in [1.54, 1.807) is 85.1 Å². The maximum Gasteiger partial charge on any atom is 0.407 e. The summed E-state index contributed by atoms with van der Waals surface area (Å²) in [5.74, 6) is -3.14. The molecule has 0 saturated carbocycles. The van der Waals surface area contributed by atoms with Gasteiger partial charge in [-0.05, 0) is 65.4 Å². The Labute approximate surface area is 446 Å². The number of ether oxygens (including phenoxy) is 2. The molecule has 2 saturated heterocycles. The summed E-state index contributed by atoms with van der Waals surface area (Å²) in [5, 5.41) is 18.2. The molecule has 2 aliphatic heterocycles. The molecular weight excluding hydrogens is 981 g/mol. The molecule has 402 valence electrons. The third-order valence-corrected chi connectivity index (χ3v) is 13.7. The molecular formula is C58H66N10O9. The topological polar surface area (TPSA) is 281 Å². The number of nitrogens with zero attached hydrogens (tertiary/aromatic N) is 1. The number of nitrogens with one attached hydrogen (secondary N) is 7. The van der Waals surface area contributed by atoms with Gasteiger partial charge < -0.3 is 57.4 Å². The predicted molar refractivity (Wildman–Crippen MR) is 288 cm³/mol.